The van der Waals surface area contributed by atoms with Crippen LogP contribution in [-0.4, -0.2) is 132 Å². The molecular formula is C60H65N19O8. The van der Waals surface area contributed by atoms with Gasteiger partial charge in [-0.15, -0.1) is 0 Å². The van der Waals surface area contributed by atoms with E-state index in [0.29, 0.717) is 124 Å². The molecule has 5 aliphatic rings. The summed E-state index contributed by atoms with van der Waals surface area (Å²) in [6.45, 7) is 8.11. The zero-order chi connectivity index (χ0) is 59.9. The van der Waals surface area contributed by atoms with Crippen molar-refractivity contribution in [2.45, 2.75) is 76.9 Å². The summed E-state index contributed by atoms with van der Waals surface area (Å²) >= 11 is 0. The molecule has 3 amide bonds. The number of hydrogen-bond donors (Lipinski definition) is 9. The fourth-order valence-corrected chi connectivity index (χ4v) is 10.5. The van der Waals surface area contributed by atoms with Crippen molar-refractivity contribution in [1.29, 1.82) is 0 Å². The molecule has 10 aromatic rings. The average Bonchev–Trinajstić information content (AvgIpc) is 2.86. The number of fused-ring (bicyclic) bond motifs is 6. The largest absolute Gasteiger partial charge is 0.486 e. The van der Waals surface area contributed by atoms with Crippen LogP contribution in [0.5, 0.6) is 23.0 Å². The molecule has 448 valence electrons. The Balaban J connectivity index is 0.000000121. The maximum absolute atomic E-state index is 12.8. The van der Waals surface area contributed by atoms with Crippen LogP contribution in [0.2, 0.25) is 0 Å². The number of rotatable bonds is 15. The monoisotopic (exact) mass is 1180 g/mol. The third kappa shape index (κ3) is 11.6. The minimum Gasteiger partial charge on any atom is -0.486 e. The van der Waals surface area contributed by atoms with Gasteiger partial charge in [-0.2, -0.15) is 28.8 Å². The van der Waals surface area contributed by atoms with Crippen LogP contribution in [0.3, 0.4) is 0 Å². The van der Waals surface area contributed by atoms with E-state index < -0.39 is 0 Å². The molecule has 2 aromatic carbocycles. The summed E-state index contributed by atoms with van der Waals surface area (Å²) in [6, 6.07) is 19.5. The number of amides is 3. The van der Waals surface area contributed by atoms with Crippen LogP contribution < -0.4 is 66.8 Å². The van der Waals surface area contributed by atoms with Gasteiger partial charge in [0.05, 0.1) is 42.4 Å². The number of furan rings is 1. The number of carbonyl (C=O) groups is 3. The fraction of sp³-hybridized carbons (Fsp3) is 0.333. The topological polar surface area (TPSA) is 313 Å². The van der Waals surface area contributed by atoms with Gasteiger partial charge in [0.15, 0.2) is 39.9 Å². The lowest BCUT2D eigenvalue weighted by molar-refractivity contribution is 0.0894. The number of aryl methyl sites for hydroxylation is 1. The molecule has 0 bridgehead atoms. The molecule has 27 nitrogen and oxygen atoms in total. The number of pyridine rings is 1. The highest BCUT2D eigenvalue weighted by molar-refractivity contribution is 6.02. The number of ether oxygens (including phenoxy) is 4. The Morgan fingerprint density at radius 1 is 0.563 bits per heavy atom. The molecule has 15 rings (SSSR count). The van der Waals surface area contributed by atoms with Gasteiger partial charge in [-0.3, -0.25) is 19.4 Å². The first-order chi connectivity index (χ1) is 42.3. The van der Waals surface area contributed by atoms with E-state index in [9.17, 15) is 14.4 Å². The molecule has 3 saturated carbocycles. The fourth-order valence-electron chi connectivity index (χ4n) is 10.5. The van der Waals surface area contributed by atoms with E-state index in [-0.39, 0.29) is 35.3 Å². The average molecular weight is 1180 g/mol. The van der Waals surface area contributed by atoms with Crippen molar-refractivity contribution in [3.63, 3.8) is 0 Å². The molecule has 0 saturated heterocycles. The van der Waals surface area contributed by atoms with Crippen LogP contribution in [0, 0.1) is 12.8 Å². The second kappa shape index (κ2) is 23.1. The third-order valence-corrected chi connectivity index (χ3v) is 15.4. The van der Waals surface area contributed by atoms with Gasteiger partial charge in [-0.25, -0.2) is 15.0 Å². The number of hydrogen-bond acceptors (Lipinski definition) is 21. The van der Waals surface area contributed by atoms with Crippen LogP contribution in [0.4, 0.5) is 52.0 Å². The molecule has 0 radical (unpaired) electrons. The van der Waals surface area contributed by atoms with E-state index in [1.165, 1.54) is 6.20 Å². The van der Waals surface area contributed by atoms with Gasteiger partial charge in [0.1, 0.15) is 95.1 Å². The molecule has 0 atom stereocenters. The summed E-state index contributed by atoms with van der Waals surface area (Å²) in [6.07, 6.45) is 14.0. The van der Waals surface area contributed by atoms with E-state index in [0.717, 1.165) is 72.4 Å². The van der Waals surface area contributed by atoms with Gasteiger partial charge in [0.25, 0.3) is 17.7 Å². The number of carbonyl (C=O) groups excluding carboxylic acids is 3. The summed E-state index contributed by atoms with van der Waals surface area (Å²) in [5.74, 6) is 7.39. The van der Waals surface area contributed by atoms with E-state index in [1.54, 1.807) is 58.5 Å². The molecule has 0 unspecified atom stereocenters. The predicted molar refractivity (Wildman–Crippen MR) is 326 cm³/mol. The van der Waals surface area contributed by atoms with Gasteiger partial charge in [-0.1, -0.05) is 19.1 Å². The van der Waals surface area contributed by atoms with Crippen molar-refractivity contribution in [1.82, 2.24) is 64.7 Å². The smallest absolute Gasteiger partial charge is 0.257 e. The minimum atomic E-state index is -0.179. The highest BCUT2D eigenvalue weighted by Crippen LogP contribution is 2.41. The Morgan fingerprint density at radius 3 is 1.61 bits per heavy atom. The van der Waals surface area contributed by atoms with Gasteiger partial charge in [-0.05, 0) is 88.6 Å². The molecule has 9 N–H and O–H groups in total. The second-order valence-electron chi connectivity index (χ2n) is 22.2. The SMILES string of the molecule is CNc1cc(Nc2cccc3c2OCCO3)nc2c(C(=O)NC3CC(C)C3)cnn12.CNc1cc(Nc2cccc3oc(C)cc23)nc2c(C(=O)NC3CC3)cnn12.CNc1cc(Nc2cncc3c2OCCO3)nc2c(C(=O)NC3(C)CC3)cnn12. The maximum Gasteiger partial charge on any atom is 0.257 e. The van der Waals surface area contributed by atoms with Gasteiger partial charge in [0.2, 0.25) is 0 Å². The van der Waals surface area contributed by atoms with E-state index >= 15 is 0 Å². The van der Waals surface area contributed by atoms with Crippen molar-refractivity contribution in [2.75, 3.05) is 79.5 Å². The number of para-hydroxylation sites is 1. The Hall–Kier alpha value is -10.6. The van der Waals surface area contributed by atoms with Crippen molar-refractivity contribution < 1.29 is 37.7 Å². The predicted octanol–water partition coefficient (Wildman–Crippen LogP) is 8.24. The normalized spacial score (nSPS) is 16.7. The summed E-state index contributed by atoms with van der Waals surface area (Å²) < 4.78 is 33.3. The number of aromatic nitrogens is 10. The highest BCUT2D eigenvalue weighted by atomic mass is 16.6. The van der Waals surface area contributed by atoms with Gasteiger partial charge >= 0.3 is 0 Å². The molecular weight excluding hydrogens is 1110 g/mol. The van der Waals surface area contributed by atoms with Crippen molar-refractivity contribution in [2.24, 2.45) is 5.92 Å². The zero-order valence-corrected chi connectivity index (χ0v) is 48.7. The van der Waals surface area contributed by atoms with Crippen LogP contribution in [-0.2, 0) is 0 Å². The molecule has 10 heterocycles. The molecule has 2 aliphatic heterocycles. The molecule has 87 heavy (non-hydrogen) atoms. The van der Waals surface area contributed by atoms with E-state index in [4.69, 9.17) is 23.4 Å². The maximum atomic E-state index is 12.8. The third-order valence-electron chi connectivity index (χ3n) is 15.4. The van der Waals surface area contributed by atoms with E-state index in [1.807, 2.05) is 75.5 Å². The first kappa shape index (κ1) is 55.6. The van der Waals surface area contributed by atoms with Crippen LogP contribution in [0.25, 0.3) is 27.9 Å². The number of nitrogens with zero attached hydrogens (tertiary/aromatic N) is 10. The van der Waals surface area contributed by atoms with Gasteiger partial charge < -0.3 is 71.2 Å². The standard InChI is InChI=1S/C21H24N6O3.C20H20N6O2.C19H21N7O3/c1-12-8-13(9-12)24-21(28)14-11-23-27-18(22-2)10-17(26-20(14)27)25-15-4-3-5-16-19(15)30-7-6-29-16;1-11-8-13-15(4-3-5-16(13)28-11)24-17-9-18(21-2)26-19(25-17)14(10-22-26)20(27)23-12-6-7-12;1-19(3-4-19)25-18(27)11-8-22-26-15(20-2)7-14(24-17(11)26)23-12-9-21-10-13-16(12)29-6-5-28-13/h3-5,10-13,22H,6-9H2,1-2H3,(H,24,28)(H,25,26);3-5,8-10,12,21H,6-7H2,1-2H3,(H,23,27)(H,24,25);7-10,20H,3-6H2,1-2H3,(H,23,24)(H,25,27). The van der Waals surface area contributed by atoms with Crippen LogP contribution >= 0.6 is 0 Å². The van der Waals surface area contributed by atoms with Crippen molar-refractivity contribution >= 4 is 97.6 Å². The Morgan fingerprint density at radius 2 is 1.06 bits per heavy atom. The first-order valence-corrected chi connectivity index (χ1v) is 28.9. The van der Waals surface area contributed by atoms with Crippen molar-refractivity contribution in [3.05, 3.63) is 114 Å². The summed E-state index contributed by atoms with van der Waals surface area (Å²) in [5, 5.41) is 42.3. The highest BCUT2D eigenvalue weighted by Gasteiger charge is 2.39. The summed E-state index contributed by atoms with van der Waals surface area (Å²) in [7, 11) is 5.40. The minimum absolute atomic E-state index is 0.126. The molecule has 0 spiro atoms. The molecule has 3 aliphatic carbocycles. The number of nitrogens with one attached hydrogen (secondary N) is 9. The Labute approximate surface area is 497 Å². The quantitative estimate of drug-likeness (QED) is 0.0466. The van der Waals surface area contributed by atoms with Crippen LogP contribution in [0.15, 0.2) is 96.1 Å². The lowest BCUT2D eigenvalue weighted by Crippen LogP contribution is -2.43. The zero-order valence-electron chi connectivity index (χ0n) is 48.7. The second-order valence-corrected chi connectivity index (χ2v) is 22.2. The van der Waals surface area contributed by atoms with Crippen molar-refractivity contribution in [3.8, 4) is 23.0 Å². The first-order valence-electron chi connectivity index (χ1n) is 28.9. The molecule has 27 heteroatoms. The Bertz CT molecular complexity index is 4270. The number of benzene rings is 2. The molecule has 8 aromatic heterocycles. The Kier molecular flexibility index (Phi) is 14.8. The lowest BCUT2D eigenvalue weighted by Gasteiger charge is -2.33. The van der Waals surface area contributed by atoms with E-state index in [2.05, 4.69) is 90.0 Å². The summed E-state index contributed by atoms with van der Waals surface area (Å²) in [4.78, 5) is 56.3. The van der Waals surface area contributed by atoms with Crippen LogP contribution in [0.1, 0.15) is 89.2 Å². The van der Waals surface area contributed by atoms with Gasteiger partial charge in [0, 0.05) is 62.4 Å². The lowest BCUT2D eigenvalue weighted by atomic mass is 9.82. The molecule has 3 fully saturated rings. The summed E-state index contributed by atoms with van der Waals surface area (Å²) in [5.41, 5.74) is 5.73. The number of anilines is 9.